The minimum atomic E-state index is -0.493. The number of fused-ring (bicyclic) bond motifs is 1. The molecular weight excluding hydrogens is 413 g/mol. The van der Waals surface area contributed by atoms with Gasteiger partial charge in [0.25, 0.3) is 0 Å². The zero-order chi connectivity index (χ0) is 20.8. The third-order valence-electron chi connectivity index (χ3n) is 4.60. The van der Waals surface area contributed by atoms with Gasteiger partial charge in [-0.2, -0.15) is 4.98 Å². The zero-order valence-corrected chi connectivity index (χ0v) is 16.2. The highest BCUT2D eigenvalue weighted by atomic mass is 35.5. The summed E-state index contributed by atoms with van der Waals surface area (Å²) in [5, 5.41) is 27.6. The highest BCUT2D eigenvalue weighted by Gasteiger charge is 2.24. The molecule has 1 saturated carbocycles. The number of aromatic hydroxyl groups is 2. The molecule has 5 N–H and O–H groups in total. The molecule has 5 rings (SSSR count). The Labute approximate surface area is 173 Å². The molecule has 0 bridgehead atoms. The molecule has 30 heavy (non-hydrogen) atoms. The van der Waals surface area contributed by atoms with E-state index in [0.29, 0.717) is 33.1 Å². The quantitative estimate of drug-likeness (QED) is 0.314. The third-order valence-corrected chi connectivity index (χ3v) is 4.84. The minimum absolute atomic E-state index is 0.141. The predicted molar refractivity (Wildman–Crippen MR) is 106 cm³/mol. The maximum atomic E-state index is 14.2. The van der Waals surface area contributed by atoms with Gasteiger partial charge in [0.2, 0.25) is 5.65 Å². The van der Waals surface area contributed by atoms with Gasteiger partial charge in [-0.3, -0.25) is 9.98 Å². The highest BCUT2D eigenvalue weighted by molar-refractivity contribution is 6.30. The molecule has 152 valence electrons. The fourth-order valence-electron chi connectivity index (χ4n) is 2.99. The molecule has 11 heteroatoms. The van der Waals surface area contributed by atoms with Crippen molar-refractivity contribution >= 4 is 35.0 Å². The first-order chi connectivity index (χ1) is 14.5. The van der Waals surface area contributed by atoms with Crippen LogP contribution in [-0.4, -0.2) is 40.8 Å². The summed E-state index contributed by atoms with van der Waals surface area (Å²) in [5.74, 6) is -0.688. The lowest BCUT2D eigenvalue weighted by Gasteiger charge is -2.04. The molecule has 0 spiro atoms. The van der Waals surface area contributed by atoms with Crippen LogP contribution in [0.2, 0.25) is 5.02 Å². The van der Waals surface area contributed by atoms with Crippen molar-refractivity contribution in [3.05, 3.63) is 57.7 Å². The molecule has 1 aliphatic rings. The third kappa shape index (κ3) is 3.52. The highest BCUT2D eigenvalue weighted by Crippen LogP contribution is 2.23. The van der Waals surface area contributed by atoms with Crippen molar-refractivity contribution in [2.45, 2.75) is 18.9 Å². The van der Waals surface area contributed by atoms with Crippen molar-refractivity contribution in [1.82, 2.24) is 24.6 Å². The van der Waals surface area contributed by atoms with Crippen molar-refractivity contribution in [1.29, 1.82) is 0 Å². The molecule has 1 aromatic carbocycles. The average molecular weight is 429 g/mol. The Balaban J connectivity index is 1.68. The first kappa shape index (κ1) is 18.4. The van der Waals surface area contributed by atoms with Crippen LogP contribution in [0.4, 0.5) is 16.0 Å². The number of nitrogens with one attached hydrogen (secondary N) is 3. The Morgan fingerprint density at radius 2 is 2.10 bits per heavy atom. The molecule has 0 unspecified atom stereocenters. The van der Waals surface area contributed by atoms with E-state index in [1.165, 1.54) is 28.8 Å². The van der Waals surface area contributed by atoms with Crippen LogP contribution in [0.15, 0.2) is 30.5 Å². The largest absolute Gasteiger partial charge is 0.494 e. The molecule has 0 radical (unpaired) electrons. The van der Waals surface area contributed by atoms with Gasteiger partial charge < -0.3 is 15.5 Å². The van der Waals surface area contributed by atoms with E-state index in [9.17, 15) is 14.6 Å². The summed E-state index contributed by atoms with van der Waals surface area (Å²) < 4.78 is 15.7. The molecule has 1 aliphatic carbocycles. The average Bonchev–Trinajstić information content (AvgIpc) is 3.34. The Hall–Kier alpha value is -3.66. The number of hydrogen-bond acceptors (Lipinski definition) is 6. The van der Waals surface area contributed by atoms with Crippen LogP contribution < -0.4 is 21.1 Å². The summed E-state index contributed by atoms with van der Waals surface area (Å²) >= 11 is 5.98. The summed E-state index contributed by atoms with van der Waals surface area (Å²) in [6, 6.07) is 5.83. The van der Waals surface area contributed by atoms with E-state index >= 15 is 0 Å². The number of halogens is 2. The van der Waals surface area contributed by atoms with Gasteiger partial charge in [-0.25, -0.2) is 4.39 Å². The van der Waals surface area contributed by atoms with Gasteiger partial charge in [0.1, 0.15) is 5.82 Å². The molecular formula is C19H16ClFN7O2+. The molecule has 1 fully saturated rings. The first-order valence-corrected chi connectivity index (χ1v) is 9.54. The second kappa shape index (κ2) is 6.99. The summed E-state index contributed by atoms with van der Waals surface area (Å²) in [6.45, 7) is 0. The number of hydrogen-bond donors (Lipinski definition) is 5. The first-order valence-electron chi connectivity index (χ1n) is 9.16. The van der Waals surface area contributed by atoms with E-state index in [1.807, 2.05) is 0 Å². The van der Waals surface area contributed by atoms with Gasteiger partial charge in [0.05, 0.1) is 23.1 Å². The summed E-state index contributed by atoms with van der Waals surface area (Å²) in [4.78, 5) is 14.6. The molecule has 4 aromatic rings. The van der Waals surface area contributed by atoms with Gasteiger partial charge in [-0.05, 0) is 42.1 Å². The topological polar surface area (TPSA) is 125 Å². The Bertz CT molecular complexity index is 1390. The molecule has 0 aliphatic heterocycles. The molecule has 3 aromatic heterocycles. The van der Waals surface area contributed by atoms with Crippen LogP contribution in [0.5, 0.6) is 11.8 Å². The van der Waals surface area contributed by atoms with Gasteiger partial charge in [0.15, 0.2) is 11.8 Å². The zero-order valence-electron chi connectivity index (χ0n) is 15.4. The summed E-state index contributed by atoms with van der Waals surface area (Å²) in [7, 11) is 0. The number of H-pyrrole nitrogens is 1. The van der Waals surface area contributed by atoms with Crippen LogP contribution in [0.25, 0.3) is 11.7 Å². The lowest BCUT2D eigenvalue weighted by Crippen LogP contribution is -2.80. The predicted octanol–water partition coefficient (Wildman–Crippen LogP) is 0.0911. The maximum absolute atomic E-state index is 14.2. The van der Waals surface area contributed by atoms with Gasteiger partial charge in [-0.15, -0.1) is 5.10 Å². The van der Waals surface area contributed by atoms with Crippen molar-refractivity contribution in [3.8, 4) is 11.8 Å². The lowest BCUT2D eigenvalue weighted by molar-refractivity contribution is -0.523. The van der Waals surface area contributed by atoms with Crippen LogP contribution in [0.3, 0.4) is 0 Å². The van der Waals surface area contributed by atoms with E-state index in [2.05, 4.69) is 30.4 Å². The van der Waals surface area contributed by atoms with Crippen molar-refractivity contribution in [2.75, 3.05) is 5.32 Å². The molecule has 9 nitrogen and oxygen atoms in total. The van der Waals surface area contributed by atoms with Crippen molar-refractivity contribution in [3.63, 3.8) is 0 Å². The standard InChI is InChI=1S/C19H15ClFN7O2/c20-11-1-4-13(21)14(7-11)24-18-26-16-10(5-9-6-15(29)25-17(9)30)8-22-28(16)19(27-18)23-12-2-3-12/h1,4-8,12,25,29-30H,2-3H2,(H,23,24,27)/p+1. The van der Waals surface area contributed by atoms with Crippen LogP contribution in [-0.2, 0) is 0 Å². The van der Waals surface area contributed by atoms with Crippen LogP contribution in [0, 0.1) is 5.82 Å². The van der Waals surface area contributed by atoms with E-state index in [-0.39, 0.29) is 23.4 Å². The molecule has 0 atom stereocenters. The maximum Gasteiger partial charge on any atom is 0.421 e. The molecule has 0 amide bonds. The van der Waals surface area contributed by atoms with Gasteiger partial charge >= 0.3 is 11.6 Å². The second-order valence-electron chi connectivity index (χ2n) is 6.98. The lowest BCUT2D eigenvalue weighted by atomic mass is 10.2. The van der Waals surface area contributed by atoms with E-state index < -0.39 is 5.82 Å². The Kier molecular flexibility index (Phi) is 4.28. The van der Waals surface area contributed by atoms with E-state index in [4.69, 9.17) is 11.6 Å². The number of benzene rings is 1. The van der Waals surface area contributed by atoms with E-state index in [1.54, 1.807) is 12.3 Å². The number of nitrogens with zero attached hydrogens (tertiary/aromatic N) is 4. The number of aromatic nitrogens is 5. The number of rotatable bonds is 4. The van der Waals surface area contributed by atoms with Crippen molar-refractivity contribution < 1.29 is 19.6 Å². The second-order valence-corrected chi connectivity index (χ2v) is 7.41. The van der Waals surface area contributed by atoms with Crippen LogP contribution >= 0.6 is 11.6 Å². The molecule has 0 saturated heterocycles. The fourth-order valence-corrected chi connectivity index (χ4v) is 3.16. The number of aromatic amines is 1. The molecule has 3 heterocycles. The number of anilines is 2. The SMILES string of the molecule is Oc1cc(C=c2cnn3c(=[NH+]C4CC4)nc(Nc4cc(Cl)ccc4F)nc23)c(O)[nH]1. The van der Waals surface area contributed by atoms with Crippen molar-refractivity contribution in [2.24, 2.45) is 0 Å². The smallest absolute Gasteiger partial charge is 0.421 e. The van der Waals surface area contributed by atoms with Crippen LogP contribution in [0.1, 0.15) is 18.4 Å². The monoisotopic (exact) mass is 428 g/mol. The minimum Gasteiger partial charge on any atom is -0.494 e. The van der Waals surface area contributed by atoms with E-state index in [0.717, 1.165) is 12.8 Å². The van der Waals surface area contributed by atoms with Gasteiger partial charge in [0, 0.05) is 16.7 Å². The Morgan fingerprint density at radius 3 is 2.83 bits per heavy atom. The fraction of sp³-hybridized carbons (Fsp3) is 0.158. The summed E-state index contributed by atoms with van der Waals surface area (Å²) in [5.41, 5.74) is 1.39. The summed E-state index contributed by atoms with van der Waals surface area (Å²) in [6.07, 6.45) is 5.22. The van der Waals surface area contributed by atoms with Gasteiger partial charge in [-0.1, -0.05) is 16.1 Å². The Morgan fingerprint density at radius 1 is 1.27 bits per heavy atom. The normalized spacial score (nSPS) is 15.3.